The number of piperazine rings is 1. The van der Waals surface area contributed by atoms with Crippen LogP contribution in [0.2, 0.25) is 0 Å². The van der Waals surface area contributed by atoms with Crippen molar-refractivity contribution in [3.8, 4) is 6.07 Å². The summed E-state index contributed by atoms with van der Waals surface area (Å²) < 4.78 is 46.1. The third-order valence-electron chi connectivity index (χ3n) is 6.28. The molecule has 0 saturated carbocycles. The molecule has 35 heavy (non-hydrogen) atoms. The van der Waals surface area contributed by atoms with Gasteiger partial charge in [-0.2, -0.15) is 5.26 Å². The molecular formula is C24H21F3N4O4. The normalized spacial score (nSPS) is 17.3. The fourth-order valence-corrected chi connectivity index (χ4v) is 4.34. The molecule has 0 aliphatic carbocycles. The van der Waals surface area contributed by atoms with Gasteiger partial charge >= 0.3 is 6.09 Å². The molecule has 1 spiro atoms. The van der Waals surface area contributed by atoms with Crippen molar-refractivity contribution in [2.24, 2.45) is 0 Å². The number of anilines is 1. The molecule has 8 nitrogen and oxygen atoms in total. The topological polar surface area (TPSA) is 94.0 Å². The molecule has 2 aromatic carbocycles. The molecule has 2 saturated heterocycles. The zero-order valence-corrected chi connectivity index (χ0v) is 18.9. The maximum Gasteiger partial charge on any atom is 0.409 e. The highest BCUT2D eigenvalue weighted by atomic mass is 19.3. The smallest absolute Gasteiger partial charge is 0.409 e. The van der Waals surface area contributed by atoms with E-state index in [1.807, 2.05) is 0 Å². The monoisotopic (exact) mass is 486 g/mol. The lowest BCUT2D eigenvalue weighted by Gasteiger charge is -2.57. The first-order valence-electron chi connectivity index (χ1n) is 10.6. The van der Waals surface area contributed by atoms with Gasteiger partial charge in [0.1, 0.15) is 18.4 Å². The zero-order chi connectivity index (χ0) is 25.5. The number of carbonyl (C=O) groups excluding carboxylic acids is 3. The van der Waals surface area contributed by atoms with Gasteiger partial charge in [-0.05, 0) is 23.8 Å². The second-order valence-electron chi connectivity index (χ2n) is 8.59. The number of amides is 3. The zero-order valence-electron chi connectivity index (χ0n) is 18.9. The fraction of sp³-hybridized carbons (Fsp3) is 0.333. The van der Waals surface area contributed by atoms with E-state index >= 15 is 0 Å². The Morgan fingerprint density at radius 1 is 1.17 bits per heavy atom. The summed E-state index contributed by atoms with van der Waals surface area (Å²) in [5.74, 6) is -4.86. The summed E-state index contributed by atoms with van der Waals surface area (Å²) in [4.78, 5) is 42.6. The van der Waals surface area contributed by atoms with Crippen molar-refractivity contribution >= 4 is 23.6 Å². The molecular weight excluding hydrogens is 465 g/mol. The molecule has 0 N–H and O–H groups in total. The van der Waals surface area contributed by atoms with Gasteiger partial charge in [-0.25, -0.2) is 18.0 Å². The van der Waals surface area contributed by atoms with E-state index in [0.717, 1.165) is 17.9 Å². The molecule has 2 heterocycles. The molecule has 182 valence electrons. The minimum Gasteiger partial charge on any atom is -0.453 e. The Morgan fingerprint density at radius 2 is 1.83 bits per heavy atom. The van der Waals surface area contributed by atoms with E-state index in [0.29, 0.717) is 5.56 Å². The van der Waals surface area contributed by atoms with Crippen LogP contribution in [0.25, 0.3) is 0 Å². The number of alkyl halides is 2. The maximum absolute atomic E-state index is 14.2. The van der Waals surface area contributed by atoms with Crippen molar-refractivity contribution in [3.63, 3.8) is 0 Å². The van der Waals surface area contributed by atoms with Crippen molar-refractivity contribution in [2.45, 2.75) is 24.9 Å². The number of nitrogens with zero attached hydrogens (tertiary/aromatic N) is 4. The highest BCUT2D eigenvalue weighted by Crippen LogP contribution is 2.37. The number of ether oxygens (including phenoxy) is 1. The van der Waals surface area contributed by atoms with Crippen molar-refractivity contribution in [2.75, 3.05) is 31.6 Å². The third-order valence-corrected chi connectivity index (χ3v) is 6.28. The molecule has 11 heteroatoms. The standard InChI is InChI=1S/C24H21F3N4O4/c1-23(26,27)17-6-3-15(4-7-17)11-31-20(32)12-30(18-8-5-16(10-28)19(25)9-18)21(33)24(31)13-29(14-24)22(34)35-2/h3-9H,11-14H2,1-2H3. The lowest BCUT2D eigenvalue weighted by molar-refractivity contribution is -0.162. The largest absolute Gasteiger partial charge is 0.453 e. The summed E-state index contributed by atoms with van der Waals surface area (Å²) in [6.07, 6.45) is -0.674. The minimum absolute atomic E-state index is 0.0509. The highest BCUT2D eigenvalue weighted by Gasteiger charge is 2.61. The number of rotatable bonds is 4. The van der Waals surface area contributed by atoms with Gasteiger partial charge < -0.3 is 19.4 Å². The second-order valence-corrected chi connectivity index (χ2v) is 8.59. The number of halogens is 3. The average molecular weight is 486 g/mol. The van der Waals surface area contributed by atoms with Crippen molar-refractivity contribution in [1.29, 1.82) is 5.26 Å². The number of likely N-dealkylation sites (tertiary alicyclic amines) is 1. The molecule has 3 amide bonds. The van der Waals surface area contributed by atoms with Gasteiger partial charge in [0.2, 0.25) is 5.91 Å². The minimum atomic E-state index is -3.03. The Labute approximate surface area is 199 Å². The van der Waals surface area contributed by atoms with Crippen LogP contribution in [-0.2, 0) is 26.8 Å². The number of nitriles is 1. The summed E-state index contributed by atoms with van der Waals surface area (Å²) in [6, 6.07) is 10.7. The molecule has 0 atom stereocenters. The van der Waals surface area contributed by atoms with Crippen LogP contribution in [0.3, 0.4) is 0 Å². The van der Waals surface area contributed by atoms with Crippen LogP contribution in [-0.4, -0.2) is 60.0 Å². The molecule has 2 aliphatic heterocycles. The molecule has 4 rings (SSSR count). The van der Waals surface area contributed by atoms with E-state index in [2.05, 4.69) is 0 Å². The SMILES string of the molecule is COC(=O)N1CC2(C1)C(=O)N(c1ccc(C#N)c(F)c1)CC(=O)N2Cc1ccc(C(C)(F)F)cc1. The lowest BCUT2D eigenvalue weighted by atomic mass is 9.83. The first-order valence-corrected chi connectivity index (χ1v) is 10.6. The van der Waals surface area contributed by atoms with Crippen LogP contribution in [0.4, 0.5) is 23.7 Å². The predicted molar refractivity (Wildman–Crippen MR) is 117 cm³/mol. The van der Waals surface area contributed by atoms with E-state index < -0.39 is 41.7 Å². The van der Waals surface area contributed by atoms with E-state index in [4.69, 9.17) is 10.00 Å². The first-order chi connectivity index (χ1) is 16.5. The molecule has 0 unspecified atom stereocenters. The fourth-order valence-electron chi connectivity index (χ4n) is 4.34. The van der Waals surface area contributed by atoms with Gasteiger partial charge in [0, 0.05) is 24.7 Å². The summed E-state index contributed by atoms with van der Waals surface area (Å²) in [5, 5.41) is 8.96. The highest BCUT2D eigenvalue weighted by molar-refractivity contribution is 6.10. The van der Waals surface area contributed by atoms with Crippen molar-refractivity contribution in [3.05, 3.63) is 65.0 Å². The number of methoxy groups -OCH3 is 1. The predicted octanol–water partition coefficient (Wildman–Crippen LogP) is 3.01. The van der Waals surface area contributed by atoms with Gasteiger partial charge in [-0.3, -0.25) is 9.59 Å². The second kappa shape index (κ2) is 8.61. The third kappa shape index (κ3) is 4.16. The summed E-state index contributed by atoms with van der Waals surface area (Å²) >= 11 is 0. The Kier molecular flexibility index (Phi) is 5.92. The Bertz CT molecular complexity index is 1230. The molecule has 2 aromatic rings. The molecule has 0 aromatic heterocycles. The van der Waals surface area contributed by atoms with Crippen LogP contribution in [0.1, 0.15) is 23.6 Å². The number of hydrogen-bond donors (Lipinski definition) is 0. The van der Waals surface area contributed by atoms with Crippen LogP contribution < -0.4 is 4.90 Å². The molecule has 0 radical (unpaired) electrons. The number of hydrogen-bond acceptors (Lipinski definition) is 5. The number of benzene rings is 2. The van der Waals surface area contributed by atoms with E-state index in [1.165, 1.54) is 53.3 Å². The Balaban J connectivity index is 1.66. The van der Waals surface area contributed by atoms with Gasteiger partial charge in [-0.15, -0.1) is 0 Å². The van der Waals surface area contributed by atoms with Gasteiger partial charge in [0.05, 0.1) is 25.8 Å². The Morgan fingerprint density at radius 3 is 2.37 bits per heavy atom. The van der Waals surface area contributed by atoms with Gasteiger partial charge in [0.15, 0.2) is 5.54 Å². The quantitative estimate of drug-likeness (QED) is 0.663. The van der Waals surface area contributed by atoms with Crippen molar-refractivity contribution in [1.82, 2.24) is 9.80 Å². The van der Waals surface area contributed by atoms with Crippen LogP contribution in [0.15, 0.2) is 42.5 Å². The summed E-state index contributed by atoms with van der Waals surface area (Å²) in [7, 11) is 1.19. The number of carbonyl (C=O) groups is 3. The van der Waals surface area contributed by atoms with Crippen LogP contribution in [0, 0.1) is 17.1 Å². The van der Waals surface area contributed by atoms with Crippen LogP contribution in [0.5, 0.6) is 0 Å². The van der Waals surface area contributed by atoms with Gasteiger partial charge in [0.25, 0.3) is 11.8 Å². The average Bonchev–Trinajstić information content (AvgIpc) is 2.79. The van der Waals surface area contributed by atoms with E-state index in [1.54, 1.807) is 6.07 Å². The van der Waals surface area contributed by atoms with Gasteiger partial charge in [-0.1, -0.05) is 24.3 Å². The molecule has 0 bridgehead atoms. The van der Waals surface area contributed by atoms with E-state index in [9.17, 15) is 27.6 Å². The maximum atomic E-state index is 14.2. The molecule has 2 aliphatic rings. The van der Waals surface area contributed by atoms with Crippen molar-refractivity contribution < 1.29 is 32.3 Å². The Hall–Kier alpha value is -4.07. The lowest BCUT2D eigenvalue weighted by Crippen LogP contribution is -2.81. The van der Waals surface area contributed by atoms with E-state index in [-0.39, 0.29) is 36.4 Å². The van der Waals surface area contributed by atoms with Crippen LogP contribution >= 0.6 is 0 Å². The summed E-state index contributed by atoms with van der Waals surface area (Å²) in [5.41, 5.74) is -1.21. The summed E-state index contributed by atoms with van der Waals surface area (Å²) in [6.45, 7) is 0.0371. The first kappa shape index (κ1) is 24.1. The molecule has 2 fully saturated rings.